The number of carbonyl (C=O) groups excluding carboxylic acids is 1. The van der Waals surface area contributed by atoms with Crippen molar-refractivity contribution in [1.82, 2.24) is 14.7 Å². The van der Waals surface area contributed by atoms with E-state index in [1.165, 1.54) is 4.68 Å². The molecule has 1 fully saturated rings. The fourth-order valence-corrected chi connectivity index (χ4v) is 4.18. The molecule has 0 radical (unpaired) electrons. The van der Waals surface area contributed by atoms with Crippen LogP contribution in [-0.2, 0) is 16.9 Å². The highest BCUT2D eigenvalue weighted by Crippen LogP contribution is 2.32. The first kappa shape index (κ1) is 23.7. The standard InChI is InChI=1S/C21H28Cl2N4O4/c1-14-19(23)20(21(2,30)6-11-28)24-27(14)13-18(29)26-9-7-25(8-10-26)15-4-5-16(22)17(12-15)31-3/h4-5,12,28,30H,6-11,13H2,1-3H3. The second kappa shape index (κ2) is 9.65. The smallest absolute Gasteiger partial charge is 0.244 e. The van der Waals surface area contributed by atoms with Crippen molar-refractivity contribution in [3.63, 3.8) is 0 Å². The number of amides is 1. The van der Waals surface area contributed by atoms with Gasteiger partial charge in [0.1, 0.15) is 23.6 Å². The average molecular weight is 471 g/mol. The van der Waals surface area contributed by atoms with E-state index in [9.17, 15) is 15.0 Å². The van der Waals surface area contributed by atoms with Crippen LogP contribution in [0.2, 0.25) is 10.0 Å². The lowest BCUT2D eigenvalue weighted by Gasteiger charge is -2.36. The predicted octanol–water partition coefficient (Wildman–Crippen LogP) is 2.45. The minimum Gasteiger partial charge on any atom is -0.495 e. The molecule has 0 saturated carbocycles. The molecule has 8 nitrogen and oxygen atoms in total. The van der Waals surface area contributed by atoms with Crippen LogP contribution in [0.25, 0.3) is 0 Å². The normalized spacial score (nSPS) is 16.4. The molecule has 2 N–H and O–H groups in total. The number of halogens is 2. The van der Waals surface area contributed by atoms with E-state index in [0.29, 0.717) is 47.7 Å². The molecule has 0 bridgehead atoms. The molecule has 1 saturated heterocycles. The molecule has 31 heavy (non-hydrogen) atoms. The van der Waals surface area contributed by atoms with Gasteiger partial charge in [0.05, 0.1) is 22.8 Å². The van der Waals surface area contributed by atoms with Gasteiger partial charge >= 0.3 is 0 Å². The van der Waals surface area contributed by atoms with E-state index < -0.39 is 5.60 Å². The third-order valence-corrected chi connectivity index (χ3v) is 6.42. The molecule has 1 aromatic heterocycles. The maximum Gasteiger partial charge on any atom is 0.244 e. The third-order valence-electron chi connectivity index (χ3n) is 5.66. The average Bonchev–Trinajstić information content (AvgIpc) is 3.03. The second-order valence-electron chi connectivity index (χ2n) is 7.84. The van der Waals surface area contributed by atoms with Gasteiger partial charge in [0.25, 0.3) is 0 Å². The molecule has 0 spiro atoms. The van der Waals surface area contributed by atoms with Gasteiger partial charge in [-0.1, -0.05) is 23.2 Å². The summed E-state index contributed by atoms with van der Waals surface area (Å²) in [6, 6.07) is 5.65. The fraction of sp³-hybridized carbons (Fsp3) is 0.524. The van der Waals surface area contributed by atoms with Gasteiger partial charge in [0, 0.05) is 51.0 Å². The first-order valence-electron chi connectivity index (χ1n) is 10.1. The van der Waals surface area contributed by atoms with Crippen molar-refractivity contribution in [3.8, 4) is 5.75 Å². The summed E-state index contributed by atoms with van der Waals surface area (Å²) in [6.45, 7) is 5.67. The Labute approximate surface area is 191 Å². The van der Waals surface area contributed by atoms with Gasteiger partial charge in [0.15, 0.2) is 0 Å². The minimum absolute atomic E-state index is 0.0372. The first-order valence-corrected chi connectivity index (χ1v) is 10.9. The summed E-state index contributed by atoms with van der Waals surface area (Å²) in [6.07, 6.45) is 0.106. The number of carbonyl (C=O) groups is 1. The highest BCUT2D eigenvalue weighted by Gasteiger charge is 2.31. The fourth-order valence-electron chi connectivity index (χ4n) is 3.65. The monoisotopic (exact) mass is 470 g/mol. The summed E-state index contributed by atoms with van der Waals surface area (Å²) in [5, 5.41) is 25.0. The number of aromatic nitrogens is 2. The van der Waals surface area contributed by atoms with Crippen molar-refractivity contribution >= 4 is 34.8 Å². The molecule has 1 atom stereocenters. The van der Waals surface area contributed by atoms with E-state index >= 15 is 0 Å². The number of hydrogen-bond acceptors (Lipinski definition) is 6. The molecule has 2 heterocycles. The van der Waals surface area contributed by atoms with Gasteiger partial charge in [-0.3, -0.25) is 9.48 Å². The number of ether oxygens (including phenoxy) is 1. The highest BCUT2D eigenvalue weighted by molar-refractivity contribution is 6.32. The number of methoxy groups -OCH3 is 1. The Morgan fingerprint density at radius 3 is 2.55 bits per heavy atom. The molecular weight excluding hydrogens is 443 g/mol. The van der Waals surface area contributed by atoms with Crippen LogP contribution in [-0.4, -0.2) is 70.7 Å². The number of rotatable bonds is 7. The molecule has 1 aromatic carbocycles. The molecule has 170 valence electrons. The Morgan fingerprint density at radius 2 is 1.94 bits per heavy atom. The zero-order valence-corrected chi connectivity index (χ0v) is 19.4. The Morgan fingerprint density at radius 1 is 1.26 bits per heavy atom. The third kappa shape index (κ3) is 5.09. The number of hydrogen-bond donors (Lipinski definition) is 2. The summed E-state index contributed by atoms with van der Waals surface area (Å²) in [5.74, 6) is 0.556. The van der Waals surface area contributed by atoms with Crippen LogP contribution in [0.5, 0.6) is 5.75 Å². The van der Waals surface area contributed by atoms with Gasteiger partial charge in [-0.15, -0.1) is 0 Å². The van der Waals surface area contributed by atoms with Crippen LogP contribution in [0.15, 0.2) is 18.2 Å². The number of piperazine rings is 1. The molecule has 2 aromatic rings. The summed E-state index contributed by atoms with van der Waals surface area (Å²) >= 11 is 12.5. The van der Waals surface area contributed by atoms with Crippen molar-refractivity contribution in [2.45, 2.75) is 32.4 Å². The Hall–Kier alpha value is -2.00. The Kier molecular flexibility index (Phi) is 7.36. The minimum atomic E-state index is -1.36. The van der Waals surface area contributed by atoms with Crippen molar-refractivity contribution in [3.05, 3.63) is 39.6 Å². The van der Waals surface area contributed by atoms with Crippen LogP contribution >= 0.6 is 23.2 Å². The van der Waals surface area contributed by atoms with E-state index in [0.717, 1.165) is 5.69 Å². The summed E-state index contributed by atoms with van der Waals surface area (Å²) in [5.41, 5.74) is 0.514. The SMILES string of the molecule is COc1cc(N2CCN(C(=O)Cn3nc(C(C)(O)CCO)c(Cl)c3C)CC2)ccc1Cl. The molecule has 1 amide bonds. The summed E-state index contributed by atoms with van der Waals surface area (Å²) in [4.78, 5) is 16.8. The second-order valence-corrected chi connectivity index (χ2v) is 8.62. The van der Waals surface area contributed by atoms with Gasteiger partial charge in [-0.25, -0.2) is 0 Å². The zero-order chi connectivity index (χ0) is 22.8. The molecule has 10 heteroatoms. The van der Waals surface area contributed by atoms with E-state index in [2.05, 4.69) is 10.00 Å². The zero-order valence-electron chi connectivity index (χ0n) is 17.9. The van der Waals surface area contributed by atoms with Gasteiger partial charge < -0.3 is 24.7 Å². The van der Waals surface area contributed by atoms with Crippen LogP contribution in [0.4, 0.5) is 5.69 Å². The lowest BCUT2D eigenvalue weighted by atomic mass is 9.98. The van der Waals surface area contributed by atoms with Crippen molar-refractivity contribution in [2.75, 3.05) is 44.8 Å². The lowest BCUT2D eigenvalue weighted by molar-refractivity contribution is -0.132. The topological polar surface area (TPSA) is 91.1 Å². The number of anilines is 1. The largest absolute Gasteiger partial charge is 0.495 e. The number of aliphatic hydroxyl groups is 2. The molecule has 1 aliphatic heterocycles. The predicted molar refractivity (Wildman–Crippen MR) is 120 cm³/mol. The van der Waals surface area contributed by atoms with E-state index in [1.807, 2.05) is 12.1 Å². The number of nitrogens with zero attached hydrogens (tertiary/aromatic N) is 4. The lowest BCUT2D eigenvalue weighted by Crippen LogP contribution is -2.49. The van der Waals surface area contributed by atoms with Crippen molar-refractivity contribution < 1.29 is 19.7 Å². The molecule has 1 aliphatic rings. The quantitative estimate of drug-likeness (QED) is 0.645. The van der Waals surface area contributed by atoms with Crippen LogP contribution in [0, 0.1) is 6.92 Å². The van der Waals surface area contributed by atoms with Crippen LogP contribution < -0.4 is 9.64 Å². The summed E-state index contributed by atoms with van der Waals surface area (Å²) < 4.78 is 6.80. The Bertz CT molecular complexity index is 940. The van der Waals surface area contributed by atoms with E-state index in [1.54, 1.807) is 31.9 Å². The van der Waals surface area contributed by atoms with E-state index in [4.69, 9.17) is 27.9 Å². The van der Waals surface area contributed by atoms with E-state index in [-0.39, 0.29) is 31.2 Å². The maximum absolute atomic E-state index is 12.9. The summed E-state index contributed by atoms with van der Waals surface area (Å²) in [7, 11) is 1.58. The number of aliphatic hydroxyl groups excluding tert-OH is 1. The number of benzene rings is 1. The van der Waals surface area contributed by atoms with Gasteiger partial charge in [0.2, 0.25) is 5.91 Å². The molecular formula is C21H28Cl2N4O4. The Balaban J connectivity index is 1.64. The van der Waals surface area contributed by atoms with Crippen LogP contribution in [0.1, 0.15) is 24.7 Å². The van der Waals surface area contributed by atoms with Gasteiger partial charge in [-0.2, -0.15) is 5.10 Å². The highest BCUT2D eigenvalue weighted by atomic mass is 35.5. The maximum atomic E-state index is 12.9. The molecule has 1 unspecified atom stereocenters. The van der Waals surface area contributed by atoms with Crippen molar-refractivity contribution in [2.24, 2.45) is 0 Å². The molecule has 3 rings (SSSR count). The van der Waals surface area contributed by atoms with Crippen molar-refractivity contribution in [1.29, 1.82) is 0 Å². The van der Waals surface area contributed by atoms with Crippen LogP contribution in [0.3, 0.4) is 0 Å². The van der Waals surface area contributed by atoms with Gasteiger partial charge in [-0.05, 0) is 26.0 Å². The molecule has 0 aliphatic carbocycles. The first-order chi connectivity index (χ1) is 14.7.